The highest BCUT2D eigenvalue weighted by molar-refractivity contribution is 4.84. The van der Waals surface area contributed by atoms with Gasteiger partial charge in [0, 0.05) is 0 Å². The van der Waals surface area contributed by atoms with E-state index in [4.69, 9.17) is 15.3 Å². The van der Waals surface area contributed by atoms with Gasteiger partial charge in [0.05, 0.1) is 7.11 Å². The van der Waals surface area contributed by atoms with Crippen LogP contribution in [0.15, 0.2) is 0 Å². The van der Waals surface area contributed by atoms with Crippen molar-refractivity contribution in [3.63, 3.8) is 0 Å². The number of rotatable bonds is 2. The fourth-order valence-corrected chi connectivity index (χ4v) is 1.00. The SMILES string of the molecule is COOC1O[C@@H](O)C(O)C(O)[C@@H]1O. The summed E-state index contributed by atoms with van der Waals surface area (Å²) in [6, 6.07) is 0. The van der Waals surface area contributed by atoms with Crippen LogP contribution < -0.4 is 0 Å². The van der Waals surface area contributed by atoms with Gasteiger partial charge in [-0.2, -0.15) is 0 Å². The second-order valence-electron chi connectivity index (χ2n) is 2.63. The lowest BCUT2D eigenvalue weighted by Crippen LogP contribution is -2.58. The summed E-state index contributed by atoms with van der Waals surface area (Å²) in [4.78, 5) is 8.58. The van der Waals surface area contributed by atoms with E-state index in [0.717, 1.165) is 0 Å². The maximum atomic E-state index is 9.21. The van der Waals surface area contributed by atoms with Crippen LogP contribution in [0.4, 0.5) is 0 Å². The Balaban J connectivity index is 2.59. The van der Waals surface area contributed by atoms with Gasteiger partial charge in [0.2, 0.25) is 6.29 Å². The molecule has 1 aliphatic rings. The van der Waals surface area contributed by atoms with E-state index >= 15 is 0 Å². The molecule has 0 bridgehead atoms. The smallest absolute Gasteiger partial charge is 0.222 e. The van der Waals surface area contributed by atoms with E-state index in [1.165, 1.54) is 7.11 Å². The molecule has 0 aromatic carbocycles. The summed E-state index contributed by atoms with van der Waals surface area (Å²) >= 11 is 0. The van der Waals surface area contributed by atoms with Crippen LogP contribution in [0, 0.1) is 0 Å². The van der Waals surface area contributed by atoms with Gasteiger partial charge >= 0.3 is 0 Å². The Bertz CT molecular complexity index is 163. The van der Waals surface area contributed by atoms with E-state index < -0.39 is 30.9 Å². The third-order valence-electron chi connectivity index (χ3n) is 1.74. The number of aliphatic hydroxyl groups excluding tert-OH is 4. The van der Waals surface area contributed by atoms with E-state index in [2.05, 4.69) is 14.5 Å². The third kappa shape index (κ3) is 2.15. The number of ether oxygens (including phenoxy) is 1. The molecule has 3 unspecified atom stereocenters. The molecule has 0 radical (unpaired) electrons. The summed E-state index contributed by atoms with van der Waals surface area (Å²) in [5, 5.41) is 36.3. The standard InChI is InChI=1S/C6H12O7/c1-11-13-6-4(9)2(7)3(8)5(10)12-6/h2-10H,1H3/t2?,3?,4-,5+,6?/m0/s1. The highest BCUT2D eigenvalue weighted by atomic mass is 17.2. The van der Waals surface area contributed by atoms with E-state index in [1.807, 2.05) is 0 Å². The van der Waals surface area contributed by atoms with Crippen LogP contribution in [-0.2, 0) is 14.5 Å². The molecule has 13 heavy (non-hydrogen) atoms. The number of aliphatic hydroxyl groups is 4. The van der Waals surface area contributed by atoms with Crippen LogP contribution in [0.3, 0.4) is 0 Å². The summed E-state index contributed by atoms with van der Waals surface area (Å²) in [6.07, 6.45) is -7.51. The molecular formula is C6H12O7. The normalized spacial score (nSPS) is 46.4. The highest BCUT2D eigenvalue weighted by Crippen LogP contribution is 2.20. The van der Waals surface area contributed by atoms with Gasteiger partial charge in [-0.25, -0.2) is 9.78 Å². The molecule has 7 nitrogen and oxygen atoms in total. The summed E-state index contributed by atoms with van der Waals surface area (Å²) in [7, 11) is 1.18. The molecule has 0 aromatic rings. The molecular weight excluding hydrogens is 184 g/mol. The average Bonchev–Trinajstić information content (AvgIpc) is 2.11. The van der Waals surface area contributed by atoms with Crippen molar-refractivity contribution in [1.82, 2.24) is 0 Å². The van der Waals surface area contributed by atoms with Gasteiger partial charge in [0.25, 0.3) is 0 Å². The molecule has 4 N–H and O–H groups in total. The minimum atomic E-state index is -1.61. The highest BCUT2D eigenvalue weighted by Gasteiger charge is 2.44. The van der Waals surface area contributed by atoms with Crippen molar-refractivity contribution >= 4 is 0 Å². The maximum absolute atomic E-state index is 9.21. The first-order valence-corrected chi connectivity index (χ1v) is 3.65. The van der Waals surface area contributed by atoms with Crippen LogP contribution in [0.1, 0.15) is 0 Å². The molecule has 1 fully saturated rings. The molecule has 1 saturated heterocycles. The summed E-state index contributed by atoms with van der Waals surface area (Å²) < 4.78 is 4.57. The van der Waals surface area contributed by atoms with Gasteiger partial charge < -0.3 is 25.2 Å². The zero-order valence-corrected chi connectivity index (χ0v) is 6.90. The molecule has 0 aliphatic carbocycles. The summed E-state index contributed by atoms with van der Waals surface area (Å²) in [5.41, 5.74) is 0. The Morgan fingerprint density at radius 2 is 1.62 bits per heavy atom. The van der Waals surface area contributed by atoms with E-state index in [0.29, 0.717) is 0 Å². The Morgan fingerprint density at radius 3 is 2.15 bits per heavy atom. The fourth-order valence-electron chi connectivity index (χ4n) is 1.00. The zero-order valence-electron chi connectivity index (χ0n) is 6.90. The Morgan fingerprint density at radius 1 is 1.00 bits per heavy atom. The lowest BCUT2D eigenvalue weighted by molar-refractivity contribution is -0.432. The first-order chi connectivity index (χ1) is 6.07. The molecule has 5 atom stereocenters. The van der Waals surface area contributed by atoms with E-state index in [-0.39, 0.29) is 0 Å². The van der Waals surface area contributed by atoms with Crippen molar-refractivity contribution in [3.05, 3.63) is 0 Å². The van der Waals surface area contributed by atoms with Crippen molar-refractivity contribution in [2.75, 3.05) is 7.11 Å². The first-order valence-electron chi connectivity index (χ1n) is 3.65. The zero-order chi connectivity index (χ0) is 10.0. The maximum Gasteiger partial charge on any atom is 0.222 e. The molecule has 0 saturated carbocycles. The summed E-state index contributed by atoms with van der Waals surface area (Å²) in [6.45, 7) is 0. The van der Waals surface area contributed by atoms with Crippen molar-refractivity contribution in [3.8, 4) is 0 Å². The number of hydrogen-bond donors (Lipinski definition) is 4. The first kappa shape index (κ1) is 10.8. The molecule has 1 aliphatic heterocycles. The van der Waals surface area contributed by atoms with Crippen molar-refractivity contribution in [2.45, 2.75) is 30.9 Å². The lowest BCUT2D eigenvalue weighted by atomic mass is 10.0. The lowest BCUT2D eigenvalue weighted by Gasteiger charge is -2.36. The largest absolute Gasteiger partial charge is 0.387 e. The molecule has 78 valence electrons. The average molecular weight is 196 g/mol. The quantitative estimate of drug-likeness (QED) is 0.281. The second kappa shape index (κ2) is 4.29. The topological polar surface area (TPSA) is 109 Å². The van der Waals surface area contributed by atoms with Gasteiger partial charge in [-0.05, 0) is 0 Å². The van der Waals surface area contributed by atoms with Gasteiger partial charge in [-0.3, -0.25) is 0 Å². The van der Waals surface area contributed by atoms with Crippen LogP contribution in [0.5, 0.6) is 0 Å². The second-order valence-corrected chi connectivity index (χ2v) is 2.63. The molecule has 0 spiro atoms. The molecule has 1 rings (SSSR count). The van der Waals surface area contributed by atoms with Crippen molar-refractivity contribution < 1.29 is 34.9 Å². The van der Waals surface area contributed by atoms with E-state index in [1.54, 1.807) is 0 Å². The Labute approximate surface area is 74.0 Å². The van der Waals surface area contributed by atoms with Gasteiger partial charge in [0.15, 0.2) is 6.29 Å². The Hall–Kier alpha value is -0.280. The third-order valence-corrected chi connectivity index (χ3v) is 1.74. The van der Waals surface area contributed by atoms with Gasteiger partial charge in [-0.1, -0.05) is 0 Å². The van der Waals surface area contributed by atoms with Crippen LogP contribution >= 0.6 is 0 Å². The predicted molar refractivity (Wildman–Crippen MR) is 37.0 cm³/mol. The van der Waals surface area contributed by atoms with Crippen molar-refractivity contribution in [2.24, 2.45) is 0 Å². The van der Waals surface area contributed by atoms with Gasteiger partial charge in [-0.15, -0.1) is 0 Å². The van der Waals surface area contributed by atoms with Crippen molar-refractivity contribution in [1.29, 1.82) is 0 Å². The van der Waals surface area contributed by atoms with Crippen LogP contribution in [-0.4, -0.2) is 58.4 Å². The molecule has 7 heteroatoms. The monoisotopic (exact) mass is 196 g/mol. The summed E-state index contributed by atoms with van der Waals surface area (Å²) in [5.74, 6) is 0. The molecule has 0 amide bonds. The minimum absolute atomic E-state index is 1.18. The predicted octanol–water partition coefficient (Wildman–Crippen LogP) is -2.68. The fraction of sp³-hybridized carbons (Fsp3) is 1.00. The van der Waals surface area contributed by atoms with E-state index in [9.17, 15) is 5.11 Å². The molecule has 1 heterocycles. The van der Waals surface area contributed by atoms with Crippen LogP contribution in [0.2, 0.25) is 0 Å². The molecule has 0 aromatic heterocycles. The minimum Gasteiger partial charge on any atom is -0.387 e. The Kier molecular flexibility index (Phi) is 3.56. The van der Waals surface area contributed by atoms with Crippen LogP contribution in [0.25, 0.3) is 0 Å². The van der Waals surface area contributed by atoms with Gasteiger partial charge in [0.1, 0.15) is 18.3 Å². The number of hydrogen-bond acceptors (Lipinski definition) is 7.